The molecule has 1 unspecified atom stereocenters. The van der Waals surface area contributed by atoms with Gasteiger partial charge >= 0.3 is 5.97 Å². The first-order valence-electron chi connectivity index (χ1n) is 6.72. The van der Waals surface area contributed by atoms with Crippen LogP contribution >= 0.6 is 23.4 Å². The topological polar surface area (TPSA) is 66.4 Å². The van der Waals surface area contributed by atoms with Crippen molar-refractivity contribution < 1.29 is 14.7 Å². The number of benzene rings is 1. The van der Waals surface area contributed by atoms with E-state index in [0.29, 0.717) is 10.8 Å². The van der Waals surface area contributed by atoms with Gasteiger partial charge in [0, 0.05) is 16.8 Å². The minimum absolute atomic E-state index is 0.0503. The van der Waals surface area contributed by atoms with Gasteiger partial charge in [0.1, 0.15) is 0 Å². The van der Waals surface area contributed by atoms with E-state index in [0.717, 1.165) is 11.3 Å². The summed E-state index contributed by atoms with van der Waals surface area (Å²) in [4.78, 5) is 22.6. The van der Waals surface area contributed by atoms with E-state index in [1.54, 1.807) is 0 Å². The zero-order valence-electron chi connectivity index (χ0n) is 12.1. The van der Waals surface area contributed by atoms with E-state index >= 15 is 0 Å². The van der Waals surface area contributed by atoms with E-state index in [2.05, 4.69) is 5.32 Å². The van der Waals surface area contributed by atoms with E-state index in [1.807, 2.05) is 38.1 Å². The highest BCUT2D eigenvalue weighted by Crippen LogP contribution is 2.15. The lowest BCUT2D eigenvalue weighted by Crippen LogP contribution is -2.41. The zero-order chi connectivity index (χ0) is 15.8. The molecule has 116 valence electrons. The van der Waals surface area contributed by atoms with Gasteiger partial charge in [-0.1, -0.05) is 37.6 Å². The molecule has 6 heteroatoms. The Balaban J connectivity index is 2.35. The number of rotatable bonds is 8. The molecule has 0 heterocycles. The van der Waals surface area contributed by atoms with Crippen LogP contribution in [0.25, 0.3) is 0 Å². The van der Waals surface area contributed by atoms with Crippen LogP contribution in [-0.4, -0.2) is 28.8 Å². The van der Waals surface area contributed by atoms with Gasteiger partial charge in [0.2, 0.25) is 5.91 Å². The van der Waals surface area contributed by atoms with Crippen molar-refractivity contribution in [2.24, 2.45) is 5.92 Å². The Morgan fingerprint density at radius 3 is 2.43 bits per heavy atom. The quantitative estimate of drug-likeness (QED) is 0.768. The van der Waals surface area contributed by atoms with E-state index < -0.39 is 5.97 Å². The molecule has 0 aliphatic heterocycles. The number of hydrogen-bond acceptors (Lipinski definition) is 3. The van der Waals surface area contributed by atoms with Crippen molar-refractivity contribution in [3.63, 3.8) is 0 Å². The van der Waals surface area contributed by atoms with Crippen LogP contribution < -0.4 is 5.32 Å². The lowest BCUT2D eigenvalue weighted by atomic mass is 10.0. The molecular weight excluding hydrogens is 310 g/mol. The number of nitrogens with one attached hydrogen (secondary N) is 1. The van der Waals surface area contributed by atoms with E-state index in [9.17, 15) is 9.59 Å². The van der Waals surface area contributed by atoms with Crippen molar-refractivity contribution in [2.75, 3.05) is 5.75 Å². The second-order valence-electron chi connectivity index (χ2n) is 5.14. The minimum Gasteiger partial charge on any atom is -0.481 e. The summed E-state index contributed by atoms with van der Waals surface area (Å²) in [6.45, 7) is 3.80. The number of amides is 1. The summed E-state index contributed by atoms with van der Waals surface area (Å²) >= 11 is 7.30. The molecule has 0 aliphatic carbocycles. The molecule has 1 atom stereocenters. The molecular formula is C15H20ClNO3S. The smallest absolute Gasteiger partial charge is 0.305 e. The molecule has 4 nitrogen and oxygen atoms in total. The van der Waals surface area contributed by atoms with Crippen LogP contribution in [0.15, 0.2) is 24.3 Å². The third-order valence-corrected chi connectivity index (χ3v) is 4.22. The number of carboxylic acids is 1. The number of halogens is 1. The molecule has 0 aliphatic rings. The predicted octanol–water partition coefficient (Wildman–Crippen LogP) is 3.19. The van der Waals surface area contributed by atoms with Crippen molar-refractivity contribution in [3.05, 3.63) is 34.9 Å². The van der Waals surface area contributed by atoms with Crippen LogP contribution in [0.1, 0.15) is 25.8 Å². The molecule has 0 saturated carbocycles. The molecule has 0 spiro atoms. The highest BCUT2D eigenvalue weighted by Gasteiger charge is 2.19. The van der Waals surface area contributed by atoms with Crippen LogP contribution in [0.2, 0.25) is 5.02 Å². The Labute approximate surface area is 134 Å². The summed E-state index contributed by atoms with van der Waals surface area (Å²) in [7, 11) is 0. The lowest BCUT2D eigenvalue weighted by Gasteiger charge is -2.20. The van der Waals surface area contributed by atoms with Crippen LogP contribution in [0.5, 0.6) is 0 Å². The molecule has 1 aromatic carbocycles. The van der Waals surface area contributed by atoms with E-state index in [1.165, 1.54) is 11.8 Å². The maximum atomic E-state index is 11.8. The van der Waals surface area contributed by atoms with Crippen molar-refractivity contribution in [3.8, 4) is 0 Å². The largest absolute Gasteiger partial charge is 0.481 e. The van der Waals surface area contributed by atoms with Gasteiger partial charge < -0.3 is 10.4 Å². The van der Waals surface area contributed by atoms with Crippen molar-refractivity contribution in [1.82, 2.24) is 5.32 Å². The number of carbonyl (C=O) groups excluding carboxylic acids is 1. The summed E-state index contributed by atoms with van der Waals surface area (Å²) < 4.78 is 0. The normalized spacial score (nSPS) is 12.2. The standard InChI is InChI=1S/C15H20ClNO3S/c1-10(2)13(7-15(19)20)17-14(18)9-21-8-11-3-5-12(16)6-4-11/h3-6,10,13H,7-9H2,1-2H3,(H,17,18)(H,19,20). The van der Waals surface area contributed by atoms with Gasteiger partial charge in [-0.25, -0.2) is 0 Å². The fraction of sp³-hybridized carbons (Fsp3) is 0.467. The summed E-state index contributed by atoms with van der Waals surface area (Å²) in [6, 6.07) is 7.16. The SMILES string of the molecule is CC(C)C(CC(=O)O)NC(=O)CSCc1ccc(Cl)cc1. The fourth-order valence-electron chi connectivity index (χ4n) is 1.73. The molecule has 0 fully saturated rings. The molecule has 0 bridgehead atoms. The first kappa shape index (κ1) is 17.9. The van der Waals surface area contributed by atoms with Crippen molar-refractivity contribution in [2.45, 2.75) is 32.1 Å². The predicted molar refractivity (Wildman–Crippen MR) is 86.6 cm³/mol. The third kappa shape index (κ3) is 7.39. The molecule has 0 saturated heterocycles. The molecule has 21 heavy (non-hydrogen) atoms. The number of carboxylic acid groups (broad SMARTS) is 1. The zero-order valence-corrected chi connectivity index (χ0v) is 13.7. The van der Waals surface area contributed by atoms with Crippen LogP contribution in [0.4, 0.5) is 0 Å². The van der Waals surface area contributed by atoms with Gasteiger partial charge in [-0.05, 0) is 23.6 Å². The maximum absolute atomic E-state index is 11.8. The molecule has 1 aromatic rings. The third-order valence-electron chi connectivity index (χ3n) is 2.96. The second-order valence-corrected chi connectivity index (χ2v) is 6.56. The summed E-state index contributed by atoms with van der Waals surface area (Å²) in [5, 5.41) is 12.3. The van der Waals surface area contributed by atoms with Gasteiger partial charge in [0.15, 0.2) is 0 Å². The molecule has 2 N–H and O–H groups in total. The first-order chi connectivity index (χ1) is 9.88. The second kappa shape index (κ2) is 8.95. The Bertz CT molecular complexity index is 476. The minimum atomic E-state index is -0.900. The molecule has 1 amide bonds. The average molecular weight is 330 g/mol. The highest BCUT2D eigenvalue weighted by atomic mass is 35.5. The van der Waals surface area contributed by atoms with E-state index in [4.69, 9.17) is 16.7 Å². The summed E-state index contributed by atoms with van der Waals surface area (Å²) in [5.74, 6) is 0.0875. The molecule has 1 rings (SSSR count). The fourth-order valence-corrected chi connectivity index (χ4v) is 2.66. The lowest BCUT2D eigenvalue weighted by molar-refractivity contribution is -0.138. The summed E-state index contributed by atoms with van der Waals surface area (Å²) in [5.41, 5.74) is 1.10. The van der Waals surface area contributed by atoms with Crippen LogP contribution in [0.3, 0.4) is 0 Å². The van der Waals surface area contributed by atoms with Gasteiger partial charge in [-0.2, -0.15) is 0 Å². The number of carbonyl (C=O) groups is 2. The van der Waals surface area contributed by atoms with Crippen molar-refractivity contribution in [1.29, 1.82) is 0 Å². The number of hydrogen-bond donors (Lipinski definition) is 2. The number of thioether (sulfide) groups is 1. The average Bonchev–Trinajstić information content (AvgIpc) is 2.39. The van der Waals surface area contributed by atoms with Gasteiger partial charge in [0.05, 0.1) is 12.2 Å². The maximum Gasteiger partial charge on any atom is 0.305 e. The summed E-state index contributed by atoms with van der Waals surface area (Å²) in [6.07, 6.45) is -0.0503. The Kier molecular flexibility index (Phi) is 7.61. The monoisotopic (exact) mass is 329 g/mol. The van der Waals surface area contributed by atoms with Gasteiger partial charge in [-0.15, -0.1) is 11.8 Å². The van der Waals surface area contributed by atoms with Crippen LogP contribution in [-0.2, 0) is 15.3 Å². The van der Waals surface area contributed by atoms with Gasteiger partial charge in [-0.3, -0.25) is 9.59 Å². The highest BCUT2D eigenvalue weighted by molar-refractivity contribution is 7.99. The van der Waals surface area contributed by atoms with E-state index in [-0.39, 0.29) is 24.3 Å². The van der Waals surface area contributed by atoms with Gasteiger partial charge in [0.25, 0.3) is 0 Å². The Hall–Kier alpha value is -1.20. The first-order valence-corrected chi connectivity index (χ1v) is 8.25. The molecule has 0 aromatic heterocycles. The number of aliphatic carboxylic acids is 1. The van der Waals surface area contributed by atoms with Crippen LogP contribution in [0, 0.1) is 5.92 Å². The van der Waals surface area contributed by atoms with Crippen molar-refractivity contribution >= 4 is 35.2 Å². The molecule has 0 radical (unpaired) electrons. The Morgan fingerprint density at radius 2 is 1.90 bits per heavy atom. The Morgan fingerprint density at radius 1 is 1.29 bits per heavy atom.